The topological polar surface area (TPSA) is 208 Å². The molecule has 2 rings (SSSR count). The molecule has 0 aliphatic heterocycles. The van der Waals surface area contributed by atoms with Crippen LogP contribution in [0, 0.1) is 0 Å². The van der Waals surface area contributed by atoms with Crippen molar-refractivity contribution in [1.29, 1.82) is 0 Å². The highest BCUT2D eigenvalue weighted by Crippen LogP contribution is 2.29. The van der Waals surface area contributed by atoms with Crippen molar-refractivity contribution >= 4 is 23.4 Å². The van der Waals surface area contributed by atoms with Crippen LogP contribution in [0.3, 0.4) is 0 Å². The maximum absolute atomic E-state index is 12.4. The van der Waals surface area contributed by atoms with E-state index >= 15 is 0 Å². The molecule has 274 valence electrons. The van der Waals surface area contributed by atoms with Gasteiger partial charge in [0.25, 0.3) is 5.91 Å². The van der Waals surface area contributed by atoms with Gasteiger partial charge in [-0.2, -0.15) is 5.11 Å². The molecule has 0 aromatic heterocycles. The molecule has 0 radical (unpaired) electrons. The number of carbonyl (C=O) groups excluding carboxylic acids is 2. The maximum Gasteiger partial charge on any atom is 0.407 e. The average Bonchev–Trinajstić information content (AvgIpc) is 3.09. The lowest BCUT2D eigenvalue weighted by atomic mass is 10.1. The molecule has 0 aliphatic carbocycles. The van der Waals surface area contributed by atoms with Crippen LogP contribution >= 0.6 is 0 Å². The van der Waals surface area contributed by atoms with E-state index in [2.05, 4.69) is 20.9 Å². The first-order chi connectivity index (χ1) is 23.9. The van der Waals surface area contributed by atoms with E-state index in [0.29, 0.717) is 110 Å². The fourth-order valence-corrected chi connectivity index (χ4v) is 3.82. The number of hydrogen-bond acceptors (Lipinski definition) is 14. The second-order valence-electron chi connectivity index (χ2n) is 10.2. The molecule has 2 aromatic carbocycles. The maximum atomic E-state index is 12.4. The molecule has 0 aliphatic rings. The van der Waals surface area contributed by atoms with Crippen molar-refractivity contribution in [3.05, 3.63) is 53.6 Å². The van der Waals surface area contributed by atoms with Crippen LogP contribution in [-0.4, -0.2) is 133 Å². The SMILES string of the molecule is CCOC(=O)NCCc1ccc(O)c(/N=N/c2ccc(C(=O)NCCOCCOCCOCCOCCOCCOCCC(O)O)cc2)c1. The molecule has 0 unspecified atom stereocenters. The molecule has 2 aromatic rings. The van der Waals surface area contributed by atoms with Crippen molar-refractivity contribution in [3.63, 3.8) is 0 Å². The Balaban J connectivity index is 1.46. The molecule has 16 nitrogen and oxygen atoms in total. The Labute approximate surface area is 286 Å². The number of ether oxygens (including phenoxy) is 7. The Morgan fingerprint density at radius 3 is 1.80 bits per heavy atom. The molecule has 49 heavy (non-hydrogen) atoms. The monoisotopic (exact) mass is 694 g/mol. The number of phenols is 1. The van der Waals surface area contributed by atoms with Crippen molar-refractivity contribution in [3.8, 4) is 5.75 Å². The van der Waals surface area contributed by atoms with Crippen LogP contribution in [0.5, 0.6) is 5.75 Å². The minimum Gasteiger partial charge on any atom is -0.506 e. The molecule has 2 amide bonds. The number of aliphatic hydroxyl groups excluding tert-OH is 1. The van der Waals surface area contributed by atoms with E-state index in [1.165, 1.54) is 6.07 Å². The van der Waals surface area contributed by atoms with Gasteiger partial charge in [0, 0.05) is 25.1 Å². The summed E-state index contributed by atoms with van der Waals surface area (Å²) in [6.45, 7) is 7.56. The van der Waals surface area contributed by atoms with Gasteiger partial charge in [-0.1, -0.05) is 6.07 Å². The number of rotatable bonds is 28. The van der Waals surface area contributed by atoms with Gasteiger partial charge in [-0.05, 0) is 55.3 Å². The van der Waals surface area contributed by atoms with Gasteiger partial charge in [-0.25, -0.2) is 4.79 Å². The smallest absolute Gasteiger partial charge is 0.407 e. The summed E-state index contributed by atoms with van der Waals surface area (Å²) in [5, 5.41) is 41.2. The van der Waals surface area contributed by atoms with Crippen molar-refractivity contribution in [1.82, 2.24) is 10.6 Å². The highest BCUT2D eigenvalue weighted by atomic mass is 16.6. The summed E-state index contributed by atoms with van der Waals surface area (Å²) in [7, 11) is 0. The minimum absolute atomic E-state index is 0.0274. The number of aliphatic hydroxyl groups is 2. The second kappa shape index (κ2) is 27.1. The first kappa shape index (κ1) is 41.4. The van der Waals surface area contributed by atoms with Crippen LogP contribution in [0.2, 0.25) is 0 Å². The number of nitrogens with zero attached hydrogens (tertiary/aromatic N) is 2. The van der Waals surface area contributed by atoms with E-state index in [1.807, 2.05) is 0 Å². The van der Waals surface area contributed by atoms with Crippen LogP contribution in [0.4, 0.5) is 16.2 Å². The fourth-order valence-electron chi connectivity index (χ4n) is 3.82. The number of phenolic OH excluding ortho intramolecular Hbond substituents is 1. The van der Waals surface area contributed by atoms with Crippen LogP contribution in [-0.2, 0) is 39.6 Å². The van der Waals surface area contributed by atoms with Crippen LogP contribution in [0.1, 0.15) is 29.3 Å². The standard InChI is InChI=1S/C33H50N4O12/c1-2-49-33(42)35-11-9-26-3-8-30(38)29(25-26)37-36-28-6-4-27(5-7-28)32(41)34-12-14-44-16-18-46-20-22-48-24-23-47-21-19-45-17-15-43-13-10-31(39)40/h3-8,25,31,38-40H,2,9-24H2,1H3,(H,34,41)(H,35,42)/b37-36+. The molecule has 5 N–H and O–H groups in total. The predicted octanol–water partition coefficient (Wildman–Crippen LogP) is 2.63. The molecule has 0 spiro atoms. The number of hydrogen-bond donors (Lipinski definition) is 5. The summed E-state index contributed by atoms with van der Waals surface area (Å²) < 4.78 is 37.1. The van der Waals surface area contributed by atoms with Gasteiger partial charge in [0.15, 0.2) is 6.29 Å². The van der Waals surface area contributed by atoms with Crippen LogP contribution in [0.15, 0.2) is 52.7 Å². The van der Waals surface area contributed by atoms with Crippen molar-refractivity contribution in [2.24, 2.45) is 10.2 Å². The number of amides is 2. The molecular formula is C33H50N4O12. The number of benzene rings is 2. The Morgan fingerprint density at radius 2 is 1.24 bits per heavy atom. The van der Waals surface area contributed by atoms with Crippen molar-refractivity contribution < 1.29 is 58.1 Å². The third-order valence-electron chi connectivity index (χ3n) is 6.31. The van der Waals surface area contributed by atoms with Gasteiger partial charge in [0.2, 0.25) is 0 Å². The second-order valence-corrected chi connectivity index (χ2v) is 10.2. The number of carbonyl (C=O) groups is 2. The Bertz CT molecular complexity index is 1200. The Morgan fingerprint density at radius 1 is 0.694 bits per heavy atom. The van der Waals surface area contributed by atoms with Crippen LogP contribution in [0.25, 0.3) is 0 Å². The van der Waals surface area contributed by atoms with Gasteiger partial charge in [-0.15, -0.1) is 5.11 Å². The minimum atomic E-state index is -1.35. The Hall–Kier alpha value is -3.74. The number of aromatic hydroxyl groups is 1. The lowest BCUT2D eigenvalue weighted by Gasteiger charge is -2.09. The lowest BCUT2D eigenvalue weighted by molar-refractivity contribution is -0.0655. The van der Waals surface area contributed by atoms with E-state index in [1.54, 1.807) is 43.3 Å². The van der Waals surface area contributed by atoms with E-state index in [9.17, 15) is 14.7 Å². The zero-order valence-corrected chi connectivity index (χ0v) is 28.0. The molecule has 0 saturated heterocycles. The van der Waals surface area contributed by atoms with Gasteiger partial charge < -0.3 is 59.1 Å². The quantitative estimate of drug-likeness (QED) is 0.0495. The molecule has 0 bridgehead atoms. The van der Waals surface area contributed by atoms with Gasteiger partial charge in [0.1, 0.15) is 11.4 Å². The highest BCUT2D eigenvalue weighted by Gasteiger charge is 2.07. The van der Waals surface area contributed by atoms with Gasteiger partial charge in [0.05, 0.1) is 91.6 Å². The van der Waals surface area contributed by atoms with Crippen molar-refractivity contribution in [2.45, 2.75) is 26.1 Å². The largest absolute Gasteiger partial charge is 0.506 e. The summed E-state index contributed by atoms with van der Waals surface area (Å²) in [5.74, 6) is -0.277. The van der Waals surface area contributed by atoms with E-state index in [-0.39, 0.29) is 30.4 Å². The van der Waals surface area contributed by atoms with Gasteiger partial charge in [-0.3, -0.25) is 4.79 Å². The summed E-state index contributed by atoms with van der Waals surface area (Å²) >= 11 is 0. The highest BCUT2D eigenvalue weighted by molar-refractivity contribution is 5.94. The average molecular weight is 695 g/mol. The zero-order valence-electron chi connectivity index (χ0n) is 28.0. The van der Waals surface area contributed by atoms with E-state index in [4.69, 9.17) is 43.4 Å². The van der Waals surface area contributed by atoms with E-state index < -0.39 is 12.4 Å². The van der Waals surface area contributed by atoms with E-state index in [0.717, 1.165) is 5.56 Å². The zero-order chi connectivity index (χ0) is 35.4. The molecule has 16 heteroatoms. The third kappa shape index (κ3) is 21.1. The molecule has 0 fully saturated rings. The van der Waals surface area contributed by atoms with Crippen molar-refractivity contribution in [2.75, 3.05) is 99.0 Å². The normalized spacial score (nSPS) is 11.3. The fraction of sp³-hybridized carbons (Fsp3) is 0.576. The molecule has 0 saturated carbocycles. The number of alkyl carbamates (subject to hydrolysis) is 1. The molecule has 0 heterocycles. The summed E-state index contributed by atoms with van der Waals surface area (Å²) in [6, 6.07) is 11.5. The first-order valence-corrected chi connectivity index (χ1v) is 16.2. The summed E-state index contributed by atoms with van der Waals surface area (Å²) in [6.07, 6.45) is -1.13. The van der Waals surface area contributed by atoms with Crippen LogP contribution < -0.4 is 10.6 Å². The first-order valence-electron chi connectivity index (χ1n) is 16.2. The Kier molecular flexibility index (Phi) is 22.9. The summed E-state index contributed by atoms with van der Waals surface area (Å²) in [4.78, 5) is 23.9. The number of azo groups is 1. The predicted molar refractivity (Wildman–Crippen MR) is 178 cm³/mol. The molecular weight excluding hydrogens is 644 g/mol. The summed E-state index contributed by atoms with van der Waals surface area (Å²) in [5.41, 5.74) is 2.10. The lowest BCUT2D eigenvalue weighted by Crippen LogP contribution is -2.27. The third-order valence-corrected chi connectivity index (χ3v) is 6.31. The number of nitrogens with one attached hydrogen (secondary N) is 2. The molecule has 0 atom stereocenters. The van der Waals surface area contributed by atoms with Gasteiger partial charge >= 0.3 is 6.09 Å².